The molecule has 1 aliphatic heterocycles. The number of hydrogen-bond acceptors (Lipinski definition) is 7. The average molecular weight is 393 g/mol. The first-order valence-electron chi connectivity index (χ1n) is 9.95. The second-order valence-electron chi connectivity index (χ2n) is 7.88. The monoisotopic (exact) mass is 393 g/mol. The number of carbonyl (C=O) groups is 1. The molecule has 8 heteroatoms. The van der Waals surface area contributed by atoms with E-state index in [0.29, 0.717) is 17.0 Å². The SMILES string of the molecule is COc1cc2ccccc2c(-c2nnc(NCC(=O)N3CCC4(CC3)CC4)o2)n1. The molecule has 1 aliphatic carbocycles. The number of hydrogen-bond donors (Lipinski definition) is 1. The summed E-state index contributed by atoms with van der Waals surface area (Å²) >= 11 is 0. The Balaban J connectivity index is 1.29. The molecule has 2 aromatic heterocycles. The number of piperidine rings is 1. The Hall–Kier alpha value is -3.16. The molecule has 1 amide bonds. The summed E-state index contributed by atoms with van der Waals surface area (Å²) < 4.78 is 11.0. The summed E-state index contributed by atoms with van der Waals surface area (Å²) in [7, 11) is 1.57. The van der Waals surface area contributed by atoms with Gasteiger partial charge in [0.05, 0.1) is 13.7 Å². The molecular formula is C21H23N5O3. The van der Waals surface area contributed by atoms with Crippen molar-refractivity contribution in [3.63, 3.8) is 0 Å². The van der Waals surface area contributed by atoms with Gasteiger partial charge in [0.15, 0.2) is 0 Å². The second kappa shape index (κ2) is 7.02. The molecule has 3 aromatic rings. The molecule has 29 heavy (non-hydrogen) atoms. The van der Waals surface area contributed by atoms with Crippen molar-refractivity contribution in [1.82, 2.24) is 20.1 Å². The standard InChI is InChI=1S/C21H23N5O3/c1-28-16-12-14-4-2-3-5-15(14)18(23-16)19-24-25-20(29-19)22-13-17(27)26-10-8-21(6-7-21)9-11-26/h2-5,12H,6-11,13H2,1H3,(H,22,25). The molecule has 1 aromatic carbocycles. The van der Waals surface area contributed by atoms with Crippen LogP contribution in [0.4, 0.5) is 6.01 Å². The highest BCUT2D eigenvalue weighted by Gasteiger charge is 2.44. The third-order valence-electron chi connectivity index (χ3n) is 6.08. The Labute approximate surface area is 168 Å². The predicted octanol–water partition coefficient (Wildman–Crippen LogP) is 3.11. The molecule has 1 saturated carbocycles. The zero-order chi connectivity index (χ0) is 19.8. The van der Waals surface area contributed by atoms with Crippen molar-refractivity contribution in [2.45, 2.75) is 25.7 Å². The summed E-state index contributed by atoms with van der Waals surface area (Å²) in [4.78, 5) is 18.9. The number of nitrogens with one attached hydrogen (secondary N) is 1. The molecule has 150 valence electrons. The van der Waals surface area contributed by atoms with Crippen molar-refractivity contribution < 1.29 is 13.9 Å². The van der Waals surface area contributed by atoms with Crippen LogP contribution in [0.2, 0.25) is 0 Å². The number of benzene rings is 1. The van der Waals surface area contributed by atoms with Crippen molar-refractivity contribution in [2.75, 3.05) is 32.1 Å². The van der Waals surface area contributed by atoms with Gasteiger partial charge in [0, 0.05) is 24.5 Å². The fourth-order valence-electron chi connectivity index (χ4n) is 4.00. The van der Waals surface area contributed by atoms with E-state index in [2.05, 4.69) is 20.5 Å². The molecule has 0 bridgehead atoms. The first-order chi connectivity index (χ1) is 14.2. The van der Waals surface area contributed by atoms with Gasteiger partial charge in [0.25, 0.3) is 5.89 Å². The smallest absolute Gasteiger partial charge is 0.316 e. The number of pyridine rings is 1. The molecule has 0 unspecified atom stereocenters. The van der Waals surface area contributed by atoms with E-state index in [1.54, 1.807) is 7.11 Å². The Morgan fingerprint density at radius 3 is 2.76 bits per heavy atom. The molecule has 0 atom stereocenters. The number of amides is 1. The van der Waals surface area contributed by atoms with Crippen LogP contribution in [0.5, 0.6) is 5.88 Å². The van der Waals surface area contributed by atoms with E-state index in [0.717, 1.165) is 36.7 Å². The highest BCUT2D eigenvalue weighted by Crippen LogP contribution is 2.53. The van der Waals surface area contributed by atoms with Crippen LogP contribution in [0.15, 0.2) is 34.7 Å². The van der Waals surface area contributed by atoms with E-state index < -0.39 is 0 Å². The number of rotatable bonds is 5. The Kier molecular flexibility index (Phi) is 4.34. The van der Waals surface area contributed by atoms with Crippen molar-refractivity contribution in [3.05, 3.63) is 30.3 Å². The summed E-state index contributed by atoms with van der Waals surface area (Å²) in [6.07, 6.45) is 4.89. The molecule has 2 aliphatic rings. The van der Waals surface area contributed by atoms with Crippen molar-refractivity contribution in [3.8, 4) is 17.5 Å². The van der Waals surface area contributed by atoms with Gasteiger partial charge in [-0.1, -0.05) is 29.4 Å². The number of ether oxygens (including phenoxy) is 1. The number of likely N-dealkylation sites (tertiary alicyclic amines) is 1. The minimum absolute atomic E-state index is 0.0604. The summed E-state index contributed by atoms with van der Waals surface area (Å²) in [5.74, 6) is 0.814. The van der Waals surface area contributed by atoms with Gasteiger partial charge in [-0.05, 0) is 36.5 Å². The first kappa shape index (κ1) is 17.9. The van der Waals surface area contributed by atoms with Crippen LogP contribution in [0.25, 0.3) is 22.4 Å². The molecule has 1 N–H and O–H groups in total. The Morgan fingerprint density at radius 2 is 2.00 bits per heavy atom. The Morgan fingerprint density at radius 1 is 1.21 bits per heavy atom. The van der Waals surface area contributed by atoms with Gasteiger partial charge in [-0.2, -0.15) is 0 Å². The lowest BCUT2D eigenvalue weighted by molar-refractivity contribution is -0.130. The fraction of sp³-hybridized carbons (Fsp3) is 0.429. The van der Waals surface area contributed by atoms with E-state index in [1.807, 2.05) is 35.2 Å². The number of carbonyl (C=O) groups excluding carboxylic acids is 1. The molecule has 2 fully saturated rings. The second-order valence-corrected chi connectivity index (χ2v) is 7.88. The Bertz CT molecular complexity index is 1050. The van der Waals surface area contributed by atoms with Gasteiger partial charge in [0.2, 0.25) is 11.8 Å². The lowest BCUT2D eigenvalue weighted by Gasteiger charge is -2.32. The summed E-state index contributed by atoms with van der Waals surface area (Å²) in [5, 5.41) is 12.9. The zero-order valence-corrected chi connectivity index (χ0v) is 16.4. The lowest BCUT2D eigenvalue weighted by Crippen LogP contribution is -2.41. The van der Waals surface area contributed by atoms with Gasteiger partial charge in [-0.15, -0.1) is 5.10 Å². The van der Waals surface area contributed by atoms with Gasteiger partial charge >= 0.3 is 6.01 Å². The first-order valence-corrected chi connectivity index (χ1v) is 9.95. The van der Waals surface area contributed by atoms with Gasteiger partial charge < -0.3 is 19.4 Å². The normalized spacial score (nSPS) is 17.5. The largest absolute Gasteiger partial charge is 0.481 e. The average Bonchev–Trinajstić information content (AvgIpc) is 3.34. The van der Waals surface area contributed by atoms with E-state index in [4.69, 9.17) is 9.15 Å². The highest BCUT2D eigenvalue weighted by molar-refractivity contribution is 5.93. The van der Waals surface area contributed by atoms with E-state index in [1.165, 1.54) is 12.8 Å². The quantitative estimate of drug-likeness (QED) is 0.712. The van der Waals surface area contributed by atoms with Crippen molar-refractivity contribution in [2.24, 2.45) is 5.41 Å². The van der Waals surface area contributed by atoms with E-state index in [-0.39, 0.29) is 24.4 Å². The molecule has 8 nitrogen and oxygen atoms in total. The summed E-state index contributed by atoms with van der Waals surface area (Å²) in [6.45, 7) is 1.82. The topological polar surface area (TPSA) is 93.4 Å². The van der Waals surface area contributed by atoms with Gasteiger partial charge in [0.1, 0.15) is 5.69 Å². The van der Waals surface area contributed by atoms with Crippen LogP contribution in [-0.2, 0) is 4.79 Å². The van der Waals surface area contributed by atoms with Crippen LogP contribution in [0.1, 0.15) is 25.7 Å². The van der Waals surface area contributed by atoms with Crippen LogP contribution in [0.3, 0.4) is 0 Å². The van der Waals surface area contributed by atoms with Crippen LogP contribution in [-0.4, -0.2) is 52.7 Å². The maximum atomic E-state index is 12.5. The van der Waals surface area contributed by atoms with Gasteiger partial charge in [-0.25, -0.2) is 4.98 Å². The van der Waals surface area contributed by atoms with E-state index in [9.17, 15) is 4.79 Å². The number of nitrogens with zero attached hydrogens (tertiary/aromatic N) is 4. The van der Waals surface area contributed by atoms with Crippen LogP contribution >= 0.6 is 0 Å². The highest BCUT2D eigenvalue weighted by atomic mass is 16.5. The number of aromatic nitrogens is 3. The van der Waals surface area contributed by atoms with Crippen LogP contribution in [0, 0.1) is 5.41 Å². The third kappa shape index (κ3) is 3.50. The predicted molar refractivity (Wildman–Crippen MR) is 108 cm³/mol. The number of fused-ring (bicyclic) bond motifs is 1. The summed E-state index contributed by atoms with van der Waals surface area (Å²) in [5.41, 5.74) is 1.11. The zero-order valence-electron chi connectivity index (χ0n) is 16.4. The van der Waals surface area contributed by atoms with Crippen molar-refractivity contribution >= 4 is 22.7 Å². The van der Waals surface area contributed by atoms with Gasteiger partial charge in [-0.3, -0.25) is 4.79 Å². The maximum Gasteiger partial charge on any atom is 0.316 e. The molecule has 1 spiro atoms. The number of anilines is 1. The summed E-state index contributed by atoms with van der Waals surface area (Å²) in [6, 6.07) is 9.86. The molecule has 1 saturated heterocycles. The molecule has 5 rings (SSSR count). The van der Waals surface area contributed by atoms with Crippen molar-refractivity contribution in [1.29, 1.82) is 0 Å². The minimum atomic E-state index is 0.0604. The fourth-order valence-corrected chi connectivity index (χ4v) is 4.00. The maximum absolute atomic E-state index is 12.5. The minimum Gasteiger partial charge on any atom is -0.481 e. The number of methoxy groups -OCH3 is 1. The molecule has 0 radical (unpaired) electrons. The molecule has 3 heterocycles. The third-order valence-corrected chi connectivity index (χ3v) is 6.08. The lowest BCUT2D eigenvalue weighted by atomic mass is 9.94. The molecular weight excluding hydrogens is 370 g/mol. The van der Waals surface area contributed by atoms with Crippen LogP contribution < -0.4 is 10.1 Å². The van der Waals surface area contributed by atoms with E-state index >= 15 is 0 Å².